The summed E-state index contributed by atoms with van der Waals surface area (Å²) < 4.78 is 65.2. The second-order valence-electron chi connectivity index (χ2n) is 29.4. The highest BCUT2D eigenvalue weighted by Gasteiger charge is 2.58. The van der Waals surface area contributed by atoms with E-state index >= 15 is 0 Å². The van der Waals surface area contributed by atoms with Gasteiger partial charge < -0.3 is 89.1 Å². The first-order valence-corrected chi connectivity index (χ1v) is 41.7. The summed E-state index contributed by atoms with van der Waals surface area (Å²) in [6.07, 6.45) is 14.3. The van der Waals surface area contributed by atoms with E-state index in [2.05, 4.69) is 27.7 Å². The molecule has 101 heavy (non-hydrogen) atoms. The maximum absolute atomic E-state index is 14.4. The first kappa shape index (κ1) is 93.2. The van der Waals surface area contributed by atoms with Gasteiger partial charge in [-0.25, -0.2) is 4.57 Å². The number of ether oxygens (including phenoxy) is 7. The zero-order chi connectivity index (χ0) is 74.1. The molecule has 0 bridgehead atoms. The van der Waals surface area contributed by atoms with E-state index in [1.807, 2.05) is 0 Å². The van der Waals surface area contributed by atoms with Gasteiger partial charge in [0, 0.05) is 19.3 Å². The van der Waals surface area contributed by atoms with Gasteiger partial charge in [-0.2, -0.15) is 0 Å². The molecule has 0 aromatic rings. The Morgan fingerprint density at radius 1 is 0.376 bits per heavy atom. The van der Waals surface area contributed by atoms with Crippen molar-refractivity contribution in [3.63, 3.8) is 0 Å². The topological polar surface area (TPSA) is 374 Å². The Kier molecular flexibility index (Phi) is 52.7. The molecule has 3 fully saturated rings. The highest BCUT2D eigenvalue weighted by atomic mass is 31.2. The predicted molar refractivity (Wildman–Crippen MR) is 384 cm³/mol. The van der Waals surface area contributed by atoms with Crippen LogP contribution >= 0.6 is 7.82 Å². The van der Waals surface area contributed by atoms with Crippen molar-refractivity contribution in [3.05, 3.63) is 0 Å². The Morgan fingerprint density at radius 2 is 0.693 bits per heavy atom. The Hall–Kier alpha value is -2.04. The van der Waals surface area contributed by atoms with Crippen LogP contribution in [0.4, 0.5) is 0 Å². The monoisotopic (exact) mass is 1470 g/mol. The Bertz CT molecular complexity index is 2100. The number of carbonyl (C=O) groups excluding carboxylic acids is 3. The molecule has 3 aliphatic rings. The highest BCUT2D eigenvalue weighted by molar-refractivity contribution is 7.47. The Labute approximate surface area is 606 Å². The van der Waals surface area contributed by atoms with Crippen LogP contribution in [-0.2, 0) is 61.2 Å². The van der Waals surface area contributed by atoms with Gasteiger partial charge >= 0.3 is 25.7 Å². The molecule has 0 aromatic carbocycles. The third-order valence-corrected chi connectivity index (χ3v) is 21.3. The molecule has 2 heterocycles. The molecule has 0 radical (unpaired) electrons. The molecule has 3 rings (SSSR count). The van der Waals surface area contributed by atoms with E-state index in [0.29, 0.717) is 25.2 Å². The van der Waals surface area contributed by atoms with Crippen molar-refractivity contribution >= 4 is 25.7 Å². The van der Waals surface area contributed by atoms with Gasteiger partial charge in [0.25, 0.3) is 0 Å². The van der Waals surface area contributed by atoms with E-state index in [0.717, 1.165) is 89.9 Å². The lowest BCUT2D eigenvalue weighted by atomic mass is 9.84. The summed E-state index contributed by atoms with van der Waals surface area (Å²) in [5, 5.41) is 110. The first-order valence-electron chi connectivity index (χ1n) is 40.2. The van der Waals surface area contributed by atoms with Crippen molar-refractivity contribution in [1.29, 1.82) is 0 Å². The summed E-state index contributed by atoms with van der Waals surface area (Å²) in [4.78, 5) is 51.2. The summed E-state index contributed by atoms with van der Waals surface area (Å²) in [5.74, 6) is -1.29. The lowest BCUT2D eigenvalue weighted by Gasteiger charge is -2.49. The number of phosphoric ester groups is 1. The van der Waals surface area contributed by atoms with Crippen LogP contribution in [0.25, 0.3) is 0 Å². The molecule has 2 saturated heterocycles. The minimum Gasteiger partial charge on any atom is -0.463 e. The van der Waals surface area contributed by atoms with Gasteiger partial charge in [0.05, 0.1) is 13.2 Å². The minimum atomic E-state index is -5.70. The van der Waals surface area contributed by atoms with Crippen molar-refractivity contribution in [2.24, 2.45) is 5.92 Å². The number of esters is 3. The zero-order valence-corrected chi connectivity index (χ0v) is 63.5. The summed E-state index contributed by atoms with van der Waals surface area (Å²) in [5.41, 5.74) is 0. The van der Waals surface area contributed by atoms with E-state index in [9.17, 15) is 74.9 Å². The maximum Gasteiger partial charge on any atom is 0.472 e. The van der Waals surface area contributed by atoms with Gasteiger partial charge in [-0.1, -0.05) is 291 Å². The Morgan fingerprint density at radius 3 is 1.07 bits per heavy atom. The highest BCUT2D eigenvalue weighted by Crippen LogP contribution is 2.49. The molecule has 0 amide bonds. The molecule has 2 aliphatic heterocycles. The van der Waals surface area contributed by atoms with E-state index in [1.165, 1.54) is 173 Å². The molecular formula is C76H143O24P. The fourth-order valence-electron chi connectivity index (χ4n) is 13.7. The summed E-state index contributed by atoms with van der Waals surface area (Å²) in [6.45, 7) is 5.81. The fourth-order valence-corrected chi connectivity index (χ4v) is 14.6. The van der Waals surface area contributed by atoms with Crippen molar-refractivity contribution in [2.45, 2.75) is 434 Å². The predicted octanol–water partition coefficient (Wildman–Crippen LogP) is 12.0. The largest absolute Gasteiger partial charge is 0.472 e. The van der Waals surface area contributed by atoms with Gasteiger partial charge in [-0.3, -0.25) is 23.4 Å². The third kappa shape index (κ3) is 40.1. The summed E-state index contributed by atoms with van der Waals surface area (Å²) >= 11 is 0. The van der Waals surface area contributed by atoms with Crippen molar-refractivity contribution in [3.8, 4) is 0 Å². The quantitative estimate of drug-likeness (QED) is 0.0117. The lowest BCUT2D eigenvalue weighted by Crippen LogP contribution is -2.69. The molecular weight excluding hydrogens is 1330 g/mol. The molecule has 25 heteroatoms. The summed E-state index contributed by atoms with van der Waals surface area (Å²) in [6, 6.07) is 0. The number of aliphatic hydroxyl groups excluding tert-OH is 10. The van der Waals surface area contributed by atoms with Crippen LogP contribution in [0.15, 0.2) is 0 Å². The van der Waals surface area contributed by atoms with E-state index in [1.54, 1.807) is 0 Å². The lowest BCUT2D eigenvalue weighted by molar-refractivity contribution is -0.360. The average molecular weight is 1470 g/mol. The molecule has 1 aliphatic carbocycles. The van der Waals surface area contributed by atoms with Crippen LogP contribution < -0.4 is 0 Å². The van der Waals surface area contributed by atoms with Gasteiger partial charge in [-0.05, 0) is 25.2 Å². The molecule has 24 nitrogen and oxygen atoms in total. The number of hydrogen-bond acceptors (Lipinski definition) is 23. The van der Waals surface area contributed by atoms with E-state index < -0.39 is 156 Å². The smallest absolute Gasteiger partial charge is 0.463 e. The molecule has 0 spiro atoms. The second kappa shape index (κ2) is 57.1. The molecule has 596 valence electrons. The van der Waals surface area contributed by atoms with Gasteiger partial charge in [0.2, 0.25) is 0 Å². The number of unbranched alkanes of at least 4 members (excludes halogenated alkanes) is 38. The maximum atomic E-state index is 14.4. The number of carbonyl (C=O) groups is 3. The fraction of sp³-hybridized carbons (Fsp3) is 0.961. The van der Waals surface area contributed by atoms with Crippen LogP contribution in [0, 0.1) is 5.92 Å². The average Bonchev–Trinajstić information content (AvgIpc) is 0.758. The zero-order valence-electron chi connectivity index (χ0n) is 62.6. The molecule has 11 N–H and O–H groups in total. The van der Waals surface area contributed by atoms with Gasteiger partial charge in [0.1, 0.15) is 98.7 Å². The minimum absolute atomic E-state index is 0.0334. The summed E-state index contributed by atoms with van der Waals surface area (Å²) in [7, 11) is -5.70. The van der Waals surface area contributed by atoms with Crippen molar-refractivity contribution in [2.75, 3.05) is 26.4 Å². The number of hydrogen-bond donors (Lipinski definition) is 11. The molecule has 0 aromatic heterocycles. The second-order valence-corrected chi connectivity index (χ2v) is 30.8. The SMILES string of the molecule is CCCCCCCCCCCCCCCCCCC(=O)OCC(COP(=O)(O)OC1C(OC2OC(CO)C(O)C(O)C2O)C(O)C(O)C(O)C1OC1OC(COC(=O)CCCCCCCCCCCCCCCC)C(O)C(O)C1O)OC(=O)CCCCCCCCC(C)CCCCCCCC. The normalized spacial score (nSPS) is 27.4. The van der Waals surface area contributed by atoms with E-state index in [4.69, 9.17) is 42.2 Å². The van der Waals surface area contributed by atoms with Crippen LogP contribution in [0.2, 0.25) is 0 Å². The molecule has 1 saturated carbocycles. The molecule has 19 atom stereocenters. The standard InChI is InChI=1S/C76H143O24P/c1-5-8-11-14-17-19-21-23-25-26-28-30-31-33-39-44-49-60(78)92-53-57(95-62(80)51-46-41-36-35-38-43-48-56(4)47-42-37-16-13-10-7-3)54-94-101(90,91)100-74-72(98-75-70(88)65(83)63(81)58(52-77)96-75)68(86)67(85)69(87)73(74)99-76-71(89)66(84)64(82)59(97-76)55-93-61(79)50-45-40-34-32-29-27-24-22-20-18-15-12-9-6-2/h56-59,63-77,81-89H,5-55H2,1-4H3,(H,90,91). The Balaban J connectivity index is 1.72. The van der Waals surface area contributed by atoms with Crippen LogP contribution in [0.3, 0.4) is 0 Å². The van der Waals surface area contributed by atoms with Gasteiger partial charge in [0.15, 0.2) is 18.7 Å². The first-order chi connectivity index (χ1) is 48.7. The number of phosphoric acid groups is 1. The van der Waals surface area contributed by atoms with Gasteiger partial charge in [-0.15, -0.1) is 0 Å². The van der Waals surface area contributed by atoms with Crippen LogP contribution in [-0.4, -0.2) is 204 Å². The third-order valence-electron chi connectivity index (χ3n) is 20.3. The van der Waals surface area contributed by atoms with Crippen LogP contribution in [0.5, 0.6) is 0 Å². The van der Waals surface area contributed by atoms with Crippen LogP contribution in [0.1, 0.15) is 329 Å². The number of rotatable bonds is 63. The molecule has 19 unspecified atom stereocenters. The van der Waals surface area contributed by atoms with Crippen molar-refractivity contribution < 1.29 is 117 Å². The van der Waals surface area contributed by atoms with E-state index in [-0.39, 0.29) is 19.3 Å². The van der Waals surface area contributed by atoms with Crippen molar-refractivity contribution in [1.82, 2.24) is 0 Å². The number of aliphatic hydroxyl groups is 10.